The van der Waals surface area contributed by atoms with Crippen LogP contribution in [0, 0.1) is 5.41 Å². The summed E-state index contributed by atoms with van der Waals surface area (Å²) in [7, 11) is 0. The van der Waals surface area contributed by atoms with E-state index >= 15 is 0 Å². The Bertz CT molecular complexity index is 369. The summed E-state index contributed by atoms with van der Waals surface area (Å²) in [6.07, 6.45) is 2.39. The molecule has 3 N–H and O–H groups in total. The van der Waals surface area contributed by atoms with Gasteiger partial charge in [-0.15, -0.1) is 0 Å². The highest BCUT2D eigenvalue weighted by Crippen LogP contribution is 2.40. The van der Waals surface area contributed by atoms with Crippen LogP contribution in [-0.4, -0.2) is 24.9 Å². The number of aryl methyl sites for hydroxylation is 1. The molecule has 0 bridgehead atoms. The van der Waals surface area contributed by atoms with Gasteiger partial charge in [-0.2, -0.15) is 0 Å². The molecule has 100 valence electrons. The minimum absolute atomic E-state index is 0.314. The van der Waals surface area contributed by atoms with Crippen molar-refractivity contribution in [3.8, 4) is 0 Å². The third-order valence-electron chi connectivity index (χ3n) is 4.04. The zero-order valence-electron chi connectivity index (χ0n) is 11.1. The van der Waals surface area contributed by atoms with Crippen LogP contribution in [0.4, 0.5) is 0 Å². The summed E-state index contributed by atoms with van der Waals surface area (Å²) in [5, 5.41) is 10.6. The van der Waals surface area contributed by atoms with Gasteiger partial charge in [-0.25, -0.2) is 0 Å². The second-order valence-electron chi connectivity index (χ2n) is 5.22. The van der Waals surface area contributed by atoms with Crippen molar-refractivity contribution in [3.05, 3.63) is 35.4 Å². The molecular formula is C15H23NO2. The number of aliphatic hydroxyl groups excluding tert-OH is 1. The molecule has 1 aliphatic heterocycles. The van der Waals surface area contributed by atoms with Gasteiger partial charge in [-0.3, -0.25) is 0 Å². The normalized spacial score (nSPS) is 25.9. The minimum Gasteiger partial charge on any atom is -0.388 e. The second-order valence-corrected chi connectivity index (χ2v) is 5.22. The van der Waals surface area contributed by atoms with Crippen LogP contribution in [0.5, 0.6) is 0 Å². The van der Waals surface area contributed by atoms with Crippen LogP contribution in [0.15, 0.2) is 24.3 Å². The Balaban J connectivity index is 2.19. The lowest BCUT2D eigenvalue weighted by molar-refractivity contribution is -0.0782. The Morgan fingerprint density at radius 3 is 2.61 bits per heavy atom. The lowest BCUT2D eigenvalue weighted by atomic mass is 9.75. The highest BCUT2D eigenvalue weighted by molar-refractivity contribution is 5.25. The fraction of sp³-hybridized carbons (Fsp3) is 0.600. The summed E-state index contributed by atoms with van der Waals surface area (Å²) in [6.45, 7) is 3.93. The molecule has 0 amide bonds. The van der Waals surface area contributed by atoms with Crippen LogP contribution in [0.3, 0.4) is 0 Å². The van der Waals surface area contributed by atoms with E-state index in [1.807, 2.05) is 12.1 Å². The third kappa shape index (κ3) is 2.58. The zero-order valence-corrected chi connectivity index (χ0v) is 11.1. The Morgan fingerprint density at radius 1 is 1.39 bits per heavy atom. The lowest BCUT2D eigenvalue weighted by Crippen LogP contribution is -2.43. The number of ether oxygens (including phenoxy) is 1. The molecule has 0 aromatic heterocycles. The topological polar surface area (TPSA) is 55.5 Å². The molecule has 0 spiro atoms. The maximum atomic E-state index is 10.6. The predicted octanol–water partition coefficient (Wildman–Crippen LogP) is 2.04. The summed E-state index contributed by atoms with van der Waals surface area (Å²) < 4.78 is 5.52. The van der Waals surface area contributed by atoms with Crippen LogP contribution in [0.1, 0.15) is 37.0 Å². The first-order valence-electron chi connectivity index (χ1n) is 6.76. The summed E-state index contributed by atoms with van der Waals surface area (Å²) in [5.41, 5.74) is 7.81. The van der Waals surface area contributed by atoms with Crippen molar-refractivity contribution in [3.63, 3.8) is 0 Å². The van der Waals surface area contributed by atoms with E-state index in [1.165, 1.54) is 5.56 Å². The van der Waals surface area contributed by atoms with Crippen molar-refractivity contribution < 1.29 is 9.84 Å². The zero-order chi connectivity index (χ0) is 13.0. The van der Waals surface area contributed by atoms with Gasteiger partial charge in [-0.1, -0.05) is 31.2 Å². The molecule has 1 aliphatic rings. The van der Waals surface area contributed by atoms with E-state index in [2.05, 4.69) is 19.1 Å². The molecule has 0 saturated carbocycles. The van der Waals surface area contributed by atoms with Gasteiger partial charge in [0.05, 0.1) is 12.7 Å². The van der Waals surface area contributed by atoms with Gasteiger partial charge in [0.1, 0.15) is 0 Å². The molecule has 1 aromatic rings. The maximum absolute atomic E-state index is 10.6. The molecule has 18 heavy (non-hydrogen) atoms. The number of rotatable bonds is 4. The van der Waals surface area contributed by atoms with Crippen LogP contribution in [0.25, 0.3) is 0 Å². The van der Waals surface area contributed by atoms with Gasteiger partial charge in [0.2, 0.25) is 0 Å². The summed E-state index contributed by atoms with van der Waals surface area (Å²) >= 11 is 0. The molecule has 2 atom stereocenters. The van der Waals surface area contributed by atoms with E-state index in [9.17, 15) is 5.11 Å². The predicted molar refractivity (Wildman–Crippen MR) is 72.3 cm³/mol. The molecule has 1 aromatic carbocycles. The molecule has 0 radical (unpaired) electrons. The van der Waals surface area contributed by atoms with Crippen molar-refractivity contribution >= 4 is 0 Å². The van der Waals surface area contributed by atoms with E-state index < -0.39 is 6.10 Å². The Labute approximate surface area is 109 Å². The SMILES string of the molecule is CCc1ccc(C(O)C2(CN)CCCOC2)cc1. The first-order valence-corrected chi connectivity index (χ1v) is 6.76. The summed E-state index contributed by atoms with van der Waals surface area (Å²) in [6, 6.07) is 8.17. The molecule has 3 heteroatoms. The van der Waals surface area contributed by atoms with Gasteiger partial charge in [0, 0.05) is 18.6 Å². The first kappa shape index (κ1) is 13.5. The molecule has 1 saturated heterocycles. The van der Waals surface area contributed by atoms with E-state index in [-0.39, 0.29) is 5.41 Å². The average Bonchev–Trinajstić information content (AvgIpc) is 2.47. The number of hydrogen-bond donors (Lipinski definition) is 2. The van der Waals surface area contributed by atoms with Crippen molar-refractivity contribution in [2.75, 3.05) is 19.8 Å². The Kier molecular flexibility index (Phi) is 4.38. The first-order chi connectivity index (χ1) is 8.72. The monoisotopic (exact) mass is 249 g/mol. The molecule has 1 fully saturated rings. The molecule has 0 aliphatic carbocycles. The lowest BCUT2D eigenvalue weighted by Gasteiger charge is -2.40. The van der Waals surface area contributed by atoms with Gasteiger partial charge >= 0.3 is 0 Å². The Hall–Kier alpha value is -0.900. The number of benzene rings is 1. The second kappa shape index (κ2) is 5.83. The van der Waals surface area contributed by atoms with E-state index in [0.29, 0.717) is 13.2 Å². The fourth-order valence-corrected chi connectivity index (χ4v) is 2.65. The molecule has 2 unspecified atom stereocenters. The van der Waals surface area contributed by atoms with Crippen LogP contribution < -0.4 is 5.73 Å². The van der Waals surface area contributed by atoms with Crippen LogP contribution in [-0.2, 0) is 11.2 Å². The van der Waals surface area contributed by atoms with Crippen LogP contribution >= 0.6 is 0 Å². The Morgan fingerprint density at radius 2 is 2.11 bits per heavy atom. The largest absolute Gasteiger partial charge is 0.388 e. The smallest absolute Gasteiger partial charge is 0.0880 e. The van der Waals surface area contributed by atoms with Gasteiger partial charge in [0.25, 0.3) is 0 Å². The molecule has 1 heterocycles. The highest BCUT2D eigenvalue weighted by atomic mass is 16.5. The van der Waals surface area contributed by atoms with Crippen molar-refractivity contribution in [2.24, 2.45) is 11.1 Å². The van der Waals surface area contributed by atoms with Gasteiger partial charge < -0.3 is 15.6 Å². The molecular weight excluding hydrogens is 226 g/mol. The minimum atomic E-state index is -0.534. The van der Waals surface area contributed by atoms with E-state index in [0.717, 1.165) is 31.4 Å². The third-order valence-corrected chi connectivity index (χ3v) is 4.04. The van der Waals surface area contributed by atoms with Crippen LogP contribution in [0.2, 0.25) is 0 Å². The highest BCUT2D eigenvalue weighted by Gasteiger charge is 2.39. The van der Waals surface area contributed by atoms with Gasteiger partial charge in [0.15, 0.2) is 0 Å². The van der Waals surface area contributed by atoms with Crippen molar-refractivity contribution in [1.29, 1.82) is 0 Å². The molecule has 3 nitrogen and oxygen atoms in total. The average molecular weight is 249 g/mol. The number of hydrogen-bond acceptors (Lipinski definition) is 3. The summed E-state index contributed by atoms with van der Waals surface area (Å²) in [4.78, 5) is 0. The summed E-state index contributed by atoms with van der Waals surface area (Å²) in [5.74, 6) is 0. The van der Waals surface area contributed by atoms with Gasteiger partial charge in [-0.05, 0) is 30.4 Å². The number of nitrogens with two attached hydrogens (primary N) is 1. The standard InChI is InChI=1S/C15H23NO2/c1-2-12-4-6-13(7-5-12)14(17)15(10-16)8-3-9-18-11-15/h4-7,14,17H,2-3,8-11,16H2,1H3. The van der Waals surface area contributed by atoms with Crippen molar-refractivity contribution in [2.45, 2.75) is 32.3 Å². The fourth-order valence-electron chi connectivity index (χ4n) is 2.65. The van der Waals surface area contributed by atoms with Crippen molar-refractivity contribution in [1.82, 2.24) is 0 Å². The quantitative estimate of drug-likeness (QED) is 0.858. The van der Waals surface area contributed by atoms with E-state index in [1.54, 1.807) is 0 Å². The molecule has 2 rings (SSSR count). The number of aliphatic hydroxyl groups is 1. The van der Waals surface area contributed by atoms with E-state index in [4.69, 9.17) is 10.5 Å². The maximum Gasteiger partial charge on any atom is 0.0880 e.